The fourth-order valence-corrected chi connectivity index (χ4v) is 2.79. The molecule has 1 heterocycles. The number of guanidine groups is 1. The molecule has 0 saturated carbocycles. The maximum atomic E-state index is 12.7. The number of halogens is 1. The first kappa shape index (κ1) is 24.2. The molecule has 0 aromatic carbocycles. The first-order chi connectivity index (χ1) is 11.0. The van der Waals surface area contributed by atoms with Crippen LogP contribution in [0.15, 0.2) is 4.99 Å². The minimum absolute atomic E-state index is 0. The summed E-state index contributed by atoms with van der Waals surface area (Å²) in [4.78, 5) is 18.9. The Morgan fingerprint density at radius 1 is 1.24 bits per heavy atom. The van der Waals surface area contributed by atoms with Gasteiger partial charge in [0.25, 0.3) is 0 Å². The summed E-state index contributed by atoms with van der Waals surface area (Å²) >= 11 is 0. The summed E-state index contributed by atoms with van der Waals surface area (Å²) in [6.07, 6.45) is -0.494. The van der Waals surface area contributed by atoms with Gasteiger partial charge in [-0.25, -0.2) is 4.79 Å². The fourth-order valence-electron chi connectivity index (χ4n) is 2.79. The predicted molar refractivity (Wildman–Crippen MR) is 112 cm³/mol. The van der Waals surface area contributed by atoms with E-state index in [-0.39, 0.29) is 42.2 Å². The summed E-state index contributed by atoms with van der Waals surface area (Å²) in [5, 5.41) is 6.38. The molecule has 8 heteroatoms. The van der Waals surface area contributed by atoms with E-state index in [1.54, 1.807) is 4.90 Å². The Labute approximate surface area is 169 Å². The van der Waals surface area contributed by atoms with E-state index >= 15 is 0 Å². The number of rotatable bonds is 4. The van der Waals surface area contributed by atoms with Crippen LogP contribution in [-0.2, 0) is 9.47 Å². The van der Waals surface area contributed by atoms with Gasteiger partial charge < -0.3 is 20.1 Å². The van der Waals surface area contributed by atoms with Crippen molar-refractivity contribution in [1.29, 1.82) is 0 Å². The summed E-state index contributed by atoms with van der Waals surface area (Å²) in [5.41, 5.74) is -1.27. The van der Waals surface area contributed by atoms with Gasteiger partial charge >= 0.3 is 6.09 Å². The lowest BCUT2D eigenvalue weighted by atomic mass is 10.1. The molecular formula is C17H35IN4O3. The van der Waals surface area contributed by atoms with Gasteiger partial charge in [-0.1, -0.05) is 0 Å². The molecule has 1 rings (SSSR count). The third-order valence-electron chi connectivity index (χ3n) is 3.64. The second-order valence-corrected chi connectivity index (χ2v) is 7.44. The molecular weight excluding hydrogens is 435 g/mol. The summed E-state index contributed by atoms with van der Waals surface area (Å²) < 4.78 is 11.5. The van der Waals surface area contributed by atoms with Gasteiger partial charge in [-0.15, -0.1) is 24.0 Å². The van der Waals surface area contributed by atoms with Crippen molar-refractivity contribution in [2.45, 2.75) is 78.9 Å². The van der Waals surface area contributed by atoms with Crippen LogP contribution in [-0.4, -0.2) is 60.1 Å². The number of nitrogens with one attached hydrogen (secondary N) is 2. The molecule has 1 amide bonds. The molecule has 2 N–H and O–H groups in total. The molecule has 148 valence electrons. The van der Waals surface area contributed by atoms with Crippen LogP contribution in [0.5, 0.6) is 0 Å². The number of carbonyl (C=O) groups excluding carboxylic acids is 1. The lowest BCUT2D eigenvalue weighted by molar-refractivity contribution is -0.0755. The van der Waals surface area contributed by atoms with Crippen molar-refractivity contribution < 1.29 is 14.3 Å². The third kappa shape index (κ3) is 7.16. The first-order valence-corrected chi connectivity index (χ1v) is 8.74. The lowest BCUT2D eigenvalue weighted by Gasteiger charge is -2.34. The van der Waals surface area contributed by atoms with E-state index in [1.807, 2.05) is 55.4 Å². The van der Waals surface area contributed by atoms with Crippen molar-refractivity contribution in [3.8, 4) is 0 Å². The maximum Gasteiger partial charge on any atom is 0.412 e. The van der Waals surface area contributed by atoms with Gasteiger partial charge in [-0.05, 0) is 55.4 Å². The fraction of sp³-hybridized carbons (Fsp3) is 0.882. The molecule has 1 saturated heterocycles. The van der Waals surface area contributed by atoms with Crippen molar-refractivity contribution in [2.75, 3.05) is 19.6 Å². The highest BCUT2D eigenvalue weighted by Gasteiger charge is 2.49. The SMILES string of the molecule is CCNC(=NCC1C(C)OC(C)(C)N1C(=O)OC(C)(C)C)NCC.I. The molecule has 25 heavy (non-hydrogen) atoms. The second kappa shape index (κ2) is 9.80. The van der Waals surface area contributed by atoms with E-state index in [4.69, 9.17) is 9.47 Å². The van der Waals surface area contributed by atoms with Crippen LogP contribution in [0, 0.1) is 0 Å². The molecule has 0 bridgehead atoms. The van der Waals surface area contributed by atoms with E-state index < -0.39 is 11.3 Å². The van der Waals surface area contributed by atoms with Crippen LogP contribution in [0.2, 0.25) is 0 Å². The maximum absolute atomic E-state index is 12.7. The number of aliphatic imine (C=N–C) groups is 1. The summed E-state index contributed by atoms with van der Waals surface area (Å²) in [5.74, 6) is 0.737. The number of ether oxygens (including phenoxy) is 2. The lowest BCUT2D eigenvalue weighted by Crippen LogP contribution is -2.51. The minimum Gasteiger partial charge on any atom is -0.444 e. The van der Waals surface area contributed by atoms with Crippen molar-refractivity contribution in [2.24, 2.45) is 4.99 Å². The highest BCUT2D eigenvalue weighted by molar-refractivity contribution is 14.0. The van der Waals surface area contributed by atoms with Crippen LogP contribution in [0.3, 0.4) is 0 Å². The Bertz CT molecular complexity index is 455. The summed E-state index contributed by atoms with van der Waals surface area (Å²) in [6.45, 7) is 17.4. The zero-order valence-corrected chi connectivity index (χ0v) is 19.1. The zero-order chi connectivity index (χ0) is 18.5. The first-order valence-electron chi connectivity index (χ1n) is 8.74. The monoisotopic (exact) mass is 470 g/mol. The van der Waals surface area contributed by atoms with Gasteiger partial charge in [0.2, 0.25) is 0 Å². The van der Waals surface area contributed by atoms with Crippen LogP contribution in [0.25, 0.3) is 0 Å². The normalized spacial score (nSPS) is 22.0. The molecule has 2 atom stereocenters. The molecule has 0 aliphatic carbocycles. The average molecular weight is 470 g/mol. The van der Waals surface area contributed by atoms with Crippen molar-refractivity contribution in [1.82, 2.24) is 15.5 Å². The van der Waals surface area contributed by atoms with Crippen LogP contribution in [0.4, 0.5) is 4.79 Å². The molecule has 0 aromatic heterocycles. The molecule has 0 aromatic rings. The Morgan fingerprint density at radius 3 is 2.20 bits per heavy atom. The number of hydrogen-bond donors (Lipinski definition) is 2. The van der Waals surface area contributed by atoms with E-state index in [0.29, 0.717) is 6.54 Å². The van der Waals surface area contributed by atoms with Crippen LogP contribution < -0.4 is 10.6 Å². The van der Waals surface area contributed by atoms with Gasteiger partial charge in [0.05, 0.1) is 18.7 Å². The van der Waals surface area contributed by atoms with Crippen LogP contribution >= 0.6 is 24.0 Å². The third-order valence-corrected chi connectivity index (χ3v) is 3.64. The van der Waals surface area contributed by atoms with Gasteiger partial charge in [0.1, 0.15) is 11.3 Å². The molecule has 1 aliphatic heterocycles. The molecule has 1 fully saturated rings. The van der Waals surface area contributed by atoms with Gasteiger partial charge in [0.15, 0.2) is 5.96 Å². The molecule has 7 nitrogen and oxygen atoms in total. The highest BCUT2D eigenvalue weighted by atomic mass is 127. The average Bonchev–Trinajstić information content (AvgIpc) is 2.63. The molecule has 1 aliphatic rings. The standard InChI is InChI=1S/C17H34N4O3.HI/c1-9-18-14(19-10-2)20-11-13-12(3)23-17(7,8)21(13)15(22)24-16(4,5)6;/h12-13H,9-11H2,1-8H3,(H2,18,19,20);1H. The molecule has 0 radical (unpaired) electrons. The van der Waals surface area contributed by atoms with Gasteiger partial charge in [-0.3, -0.25) is 9.89 Å². The summed E-state index contributed by atoms with van der Waals surface area (Å²) in [6, 6.07) is -0.179. The van der Waals surface area contributed by atoms with Crippen molar-refractivity contribution in [3.63, 3.8) is 0 Å². The van der Waals surface area contributed by atoms with Crippen LogP contribution in [0.1, 0.15) is 55.4 Å². The number of nitrogens with zero attached hydrogens (tertiary/aromatic N) is 2. The highest BCUT2D eigenvalue weighted by Crippen LogP contribution is 2.33. The molecule has 2 unspecified atom stereocenters. The largest absolute Gasteiger partial charge is 0.444 e. The van der Waals surface area contributed by atoms with Gasteiger partial charge in [-0.2, -0.15) is 0 Å². The predicted octanol–water partition coefficient (Wildman–Crippen LogP) is 2.94. The zero-order valence-electron chi connectivity index (χ0n) is 16.8. The quantitative estimate of drug-likeness (QED) is 0.376. The Balaban J connectivity index is 0.00000576. The number of hydrogen-bond acceptors (Lipinski definition) is 4. The summed E-state index contributed by atoms with van der Waals surface area (Å²) in [7, 11) is 0. The smallest absolute Gasteiger partial charge is 0.412 e. The Morgan fingerprint density at radius 2 is 1.76 bits per heavy atom. The topological polar surface area (TPSA) is 75.2 Å². The second-order valence-electron chi connectivity index (χ2n) is 7.44. The van der Waals surface area contributed by atoms with E-state index in [2.05, 4.69) is 15.6 Å². The van der Waals surface area contributed by atoms with E-state index in [9.17, 15) is 4.79 Å². The van der Waals surface area contributed by atoms with Crippen molar-refractivity contribution in [3.05, 3.63) is 0 Å². The van der Waals surface area contributed by atoms with E-state index in [1.165, 1.54) is 0 Å². The Hall–Kier alpha value is -0.770. The Kier molecular flexibility index (Phi) is 9.50. The minimum atomic E-state index is -0.724. The number of carbonyl (C=O) groups is 1. The van der Waals surface area contributed by atoms with Gasteiger partial charge in [0, 0.05) is 13.1 Å². The van der Waals surface area contributed by atoms with Crippen molar-refractivity contribution >= 4 is 36.0 Å². The number of amides is 1. The molecule has 0 spiro atoms. The van der Waals surface area contributed by atoms with E-state index in [0.717, 1.165) is 19.0 Å².